The summed E-state index contributed by atoms with van der Waals surface area (Å²) >= 11 is 1.81. The smallest absolute Gasteiger partial charge is 0.0970 e. The summed E-state index contributed by atoms with van der Waals surface area (Å²) < 4.78 is 0. The van der Waals surface area contributed by atoms with E-state index in [0.717, 1.165) is 16.3 Å². The van der Waals surface area contributed by atoms with E-state index in [1.165, 1.54) is 48.2 Å². The summed E-state index contributed by atoms with van der Waals surface area (Å²) in [6.45, 7) is 17.2. The van der Waals surface area contributed by atoms with Crippen molar-refractivity contribution in [3.8, 4) is 11.3 Å². The van der Waals surface area contributed by atoms with E-state index in [0.29, 0.717) is 11.3 Å². The number of hydrogen-bond acceptors (Lipinski definition) is 3. The van der Waals surface area contributed by atoms with Gasteiger partial charge in [0.05, 0.1) is 21.3 Å². The Bertz CT molecular complexity index is 881. The van der Waals surface area contributed by atoms with Crippen LogP contribution in [0.4, 0.5) is 0 Å². The molecule has 0 fully saturated rings. The third kappa shape index (κ3) is 7.05. The maximum absolute atomic E-state index is 5.21. The topological polar surface area (TPSA) is 25.2 Å². The Morgan fingerprint density at radius 3 is 2.63 bits per heavy atom. The van der Waals surface area contributed by atoms with E-state index in [2.05, 4.69) is 76.5 Å². The Hall–Kier alpha value is -2.00. The Morgan fingerprint density at radius 1 is 1.27 bits per heavy atom. The second kappa shape index (κ2) is 11.4. The van der Waals surface area contributed by atoms with Gasteiger partial charge in [0.2, 0.25) is 0 Å². The highest BCUT2D eigenvalue weighted by Gasteiger charge is 2.22. The SMILES string of the molecule is C=CN=C(/C=C\C)c1sc(C(CCC)CCCC(C)(C)C)nc1-c1cccc(C)c1. The lowest BCUT2D eigenvalue weighted by molar-refractivity contribution is 0.349. The van der Waals surface area contributed by atoms with Crippen molar-refractivity contribution in [1.29, 1.82) is 0 Å². The van der Waals surface area contributed by atoms with E-state index < -0.39 is 0 Å². The molecule has 1 aromatic heterocycles. The minimum absolute atomic E-state index is 0.382. The highest BCUT2D eigenvalue weighted by atomic mass is 32.1. The fourth-order valence-corrected chi connectivity index (χ4v) is 4.96. The van der Waals surface area contributed by atoms with Crippen molar-refractivity contribution in [3.63, 3.8) is 0 Å². The van der Waals surface area contributed by atoms with Crippen LogP contribution in [-0.4, -0.2) is 10.7 Å². The number of aromatic nitrogens is 1. The number of thiazole rings is 1. The molecule has 0 radical (unpaired) electrons. The predicted molar refractivity (Wildman–Crippen MR) is 135 cm³/mol. The van der Waals surface area contributed by atoms with Gasteiger partial charge in [0.1, 0.15) is 0 Å². The summed E-state index contributed by atoms with van der Waals surface area (Å²) in [7, 11) is 0. The van der Waals surface area contributed by atoms with Gasteiger partial charge in [0.25, 0.3) is 0 Å². The number of benzene rings is 1. The molecule has 0 N–H and O–H groups in total. The van der Waals surface area contributed by atoms with Crippen molar-refractivity contribution in [2.75, 3.05) is 0 Å². The molecule has 2 rings (SSSR count). The minimum Gasteiger partial charge on any atom is -0.256 e. The molecular weight excluding hydrogens is 384 g/mol. The lowest BCUT2D eigenvalue weighted by Gasteiger charge is -2.20. The molecule has 3 heteroatoms. The van der Waals surface area contributed by atoms with Gasteiger partial charge in [-0.3, -0.25) is 4.99 Å². The molecule has 1 heterocycles. The van der Waals surface area contributed by atoms with E-state index in [1.54, 1.807) is 6.20 Å². The number of allylic oxidation sites excluding steroid dienone is 2. The average Bonchev–Trinajstić information content (AvgIpc) is 3.11. The summed E-state index contributed by atoms with van der Waals surface area (Å²) in [6, 6.07) is 8.62. The van der Waals surface area contributed by atoms with Crippen molar-refractivity contribution in [2.45, 2.75) is 79.6 Å². The van der Waals surface area contributed by atoms with Crippen LogP contribution in [0.1, 0.15) is 88.1 Å². The van der Waals surface area contributed by atoms with E-state index >= 15 is 0 Å². The lowest BCUT2D eigenvalue weighted by atomic mass is 9.87. The van der Waals surface area contributed by atoms with Crippen molar-refractivity contribution < 1.29 is 0 Å². The van der Waals surface area contributed by atoms with Crippen molar-refractivity contribution >= 4 is 17.0 Å². The summed E-state index contributed by atoms with van der Waals surface area (Å²) in [4.78, 5) is 10.9. The maximum Gasteiger partial charge on any atom is 0.0970 e. The molecule has 0 aliphatic carbocycles. The molecule has 1 atom stereocenters. The van der Waals surface area contributed by atoms with Crippen LogP contribution >= 0.6 is 11.3 Å². The van der Waals surface area contributed by atoms with E-state index in [9.17, 15) is 0 Å². The molecule has 1 aromatic carbocycles. The van der Waals surface area contributed by atoms with Crippen LogP contribution in [-0.2, 0) is 0 Å². The molecule has 0 saturated heterocycles. The average molecular weight is 423 g/mol. The second-order valence-corrected chi connectivity index (χ2v) is 10.3. The minimum atomic E-state index is 0.382. The maximum atomic E-state index is 5.21. The second-order valence-electron chi connectivity index (χ2n) is 9.23. The van der Waals surface area contributed by atoms with E-state index in [1.807, 2.05) is 24.3 Å². The van der Waals surface area contributed by atoms with Crippen molar-refractivity contribution in [2.24, 2.45) is 10.4 Å². The number of nitrogens with zero attached hydrogens (tertiary/aromatic N) is 2. The summed E-state index contributed by atoms with van der Waals surface area (Å²) in [6.07, 6.45) is 11.8. The van der Waals surface area contributed by atoms with Crippen LogP contribution in [0.15, 0.2) is 54.2 Å². The van der Waals surface area contributed by atoms with Gasteiger partial charge < -0.3 is 0 Å². The van der Waals surface area contributed by atoms with Gasteiger partial charge >= 0.3 is 0 Å². The van der Waals surface area contributed by atoms with Crippen molar-refractivity contribution in [3.05, 3.63) is 64.6 Å². The number of aliphatic imine (C=N–C) groups is 1. The third-order valence-electron chi connectivity index (χ3n) is 5.19. The highest BCUT2D eigenvalue weighted by molar-refractivity contribution is 7.14. The molecule has 1 unspecified atom stereocenters. The monoisotopic (exact) mass is 422 g/mol. The lowest BCUT2D eigenvalue weighted by Crippen LogP contribution is -2.06. The summed E-state index contributed by atoms with van der Waals surface area (Å²) in [5.74, 6) is 0.509. The molecule has 162 valence electrons. The zero-order valence-electron chi connectivity index (χ0n) is 19.7. The Labute approximate surface area is 187 Å². The van der Waals surface area contributed by atoms with Gasteiger partial charge in [-0.15, -0.1) is 11.3 Å². The Balaban J connectivity index is 2.50. The standard InChI is InChI=1S/C27H38N2S/c1-8-13-21(17-12-18-27(5,6)7)26-29-24(22-16-11-15-20(4)19-22)25(30-26)23(14-9-2)28-10-3/h9-11,14-16,19,21H,3,8,12-13,17-18H2,1-2,4-7H3/b14-9-,28-23?. The van der Waals surface area contributed by atoms with Crippen LogP contribution in [0, 0.1) is 12.3 Å². The van der Waals surface area contributed by atoms with Gasteiger partial charge in [0, 0.05) is 17.7 Å². The molecule has 2 nitrogen and oxygen atoms in total. The molecule has 0 aliphatic rings. The number of rotatable bonds is 10. The zero-order chi connectivity index (χ0) is 22.1. The van der Waals surface area contributed by atoms with E-state index in [4.69, 9.17) is 4.98 Å². The van der Waals surface area contributed by atoms with E-state index in [-0.39, 0.29) is 0 Å². The quantitative estimate of drug-likeness (QED) is 0.351. The van der Waals surface area contributed by atoms with Crippen LogP contribution in [0.25, 0.3) is 11.3 Å². The van der Waals surface area contributed by atoms with Crippen LogP contribution in [0.3, 0.4) is 0 Å². The fourth-order valence-electron chi connectivity index (χ4n) is 3.73. The summed E-state index contributed by atoms with van der Waals surface area (Å²) in [5.41, 5.74) is 4.79. The predicted octanol–water partition coefficient (Wildman–Crippen LogP) is 8.73. The largest absolute Gasteiger partial charge is 0.256 e. The highest BCUT2D eigenvalue weighted by Crippen LogP contribution is 2.37. The first kappa shape index (κ1) is 24.3. The van der Waals surface area contributed by atoms with Crippen LogP contribution in [0.5, 0.6) is 0 Å². The Kier molecular flexibility index (Phi) is 9.23. The molecule has 0 bridgehead atoms. The molecular formula is C27H38N2S. The molecule has 0 spiro atoms. The van der Waals surface area contributed by atoms with Gasteiger partial charge in [-0.05, 0) is 50.7 Å². The first-order valence-corrected chi connectivity index (χ1v) is 12.0. The molecule has 0 aliphatic heterocycles. The third-order valence-corrected chi connectivity index (χ3v) is 6.43. The fraction of sp³-hybridized carbons (Fsp3) is 0.481. The van der Waals surface area contributed by atoms with Crippen LogP contribution < -0.4 is 0 Å². The molecule has 0 saturated carbocycles. The normalized spacial score (nSPS) is 13.7. The van der Waals surface area contributed by atoms with Gasteiger partial charge in [-0.1, -0.05) is 77.0 Å². The first-order valence-electron chi connectivity index (χ1n) is 11.2. The van der Waals surface area contributed by atoms with Gasteiger partial charge in [-0.2, -0.15) is 0 Å². The first-order chi connectivity index (χ1) is 14.3. The summed E-state index contributed by atoms with van der Waals surface area (Å²) in [5, 5.41) is 1.25. The molecule has 30 heavy (non-hydrogen) atoms. The van der Waals surface area contributed by atoms with Crippen molar-refractivity contribution in [1.82, 2.24) is 4.98 Å². The van der Waals surface area contributed by atoms with Gasteiger partial charge in [-0.25, -0.2) is 4.98 Å². The van der Waals surface area contributed by atoms with Gasteiger partial charge in [0.15, 0.2) is 0 Å². The molecule has 2 aromatic rings. The molecule has 0 amide bonds. The zero-order valence-corrected chi connectivity index (χ0v) is 20.5. The Morgan fingerprint density at radius 2 is 2.03 bits per heavy atom. The van der Waals surface area contributed by atoms with Crippen LogP contribution in [0.2, 0.25) is 0 Å². The number of aryl methyl sites for hydroxylation is 1. The number of hydrogen-bond donors (Lipinski definition) is 0.